The van der Waals surface area contributed by atoms with Crippen LogP contribution in [0.5, 0.6) is 0 Å². The van der Waals surface area contributed by atoms with Gasteiger partial charge in [0.25, 0.3) is 0 Å². The summed E-state index contributed by atoms with van der Waals surface area (Å²) in [7, 11) is 0. The Balaban J connectivity index is 2.81. The van der Waals surface area contributed by atoms with Gasteiger partial charge in [-0.3, -0.25) is 0 Å². The zero-order valence-electron chi connectivity index (χ0n) is 5.62. The molecule has 0 saturated carbocycles. The van der Waals surface area contributed by atoms with Gasteiger partial charge >= 0.3 is 5.97 Å². The number of hydrogen-bond donors (Lipinski definition) is 2. The third kappa shape index (κ3) is 2.30. The van der Waals surface area contributed by atoms with Gasteiger partial charge < -0.3 is 10.2 Å². The van der Waals surface area contributed by atoms with Crippen LogP contribution in [-0.2, 0) is 4.79 Å². The zero-order valence-corrected chi connectivity index (χ0v) is 7.78. The molecule has 0 radical (unpaired) electrons. The van der Waals surface area contributed by atoms with Crippen molar-refractivity contribution in [1.29, 1.82) is 0 Å². The van der Waals surface area contributed by atoms with Crippen molar-refractivity contribution in [2.45, 2.75) is 10.0 Å². The van der Waals surface area contributed by atoms with Gasteiger partial charge in [-0.15, -0.1) is 0 Å². The molecule has 1 rings (SSSR count). The quantitative estimate of drug-likeness (QED) is 0.551. The van der Waals surface area contributed by atoms with E-state index in [4.69, 9.17) is 5.11 Å². The highest BCUT2D eigenvalue weighted by molar-refractivity contribution is 14.1. The molecular formula is C7H7IO3. The second-order valence-electron chi connectivity index (χ2n) is 2.35. The largest absolute Gasteiger partial charge is 0.478 e. The fourth-order valence-corrected chi connectivity index (χ4v) is 1.46. The Morgan fingerprint density at radius 2 is 2.36 bits per heavy atom. The van der Waals surface area contributed by atoms with Gasteiger partial charge in [0, 0.05) is 12.0 Å². The van der Waals surface area contributed by atoms with Gasteiger partial charge in [-0.2, -0.15) is 0 Å². The molecule has 0 saturated heterocycles. The number of carboxylic acids is 1. The number of halogens is 1. The van der Waals surface area contributed by atoms with Gasteiger partial charge in [-0.05, 0) is 28.7 Å². The van der Waals surface area contributed by atoms with E-state index in [1.807, 2.05) is 0 Å². The molecule has 4 heteroatoms. The maximum atomic E-state index is 10.4. The van der Waals surface area contributed by atoms with Crippen LogP contribution in [-0.4, -0.2) is 19.8 Å². The lowest BCUT2D eigenvalue weighted by Crippen LogP contribution is -2.21. The molecule has 0 amide bonds. The summed E-state index contributed by atoms with van der Waals surface area (Å²) < 4.78 is -1.03. The molecule has 0 aliphatic heterocycles. The van der Waals surface area contributed by atoms with Crippen LogP contribution in [0.4, 0.5) is 0 Å². The Labute approximate surface area is 77.6 Å². The summed E-state index contributed by atoms with van der Waals surface area (Å²) in [4.78, 5) is 10.4. The molecule has 1 aliphatic rings. The van der Waals surface area contributed by atoms with Crippen LogP contribution < -0.4 is 0 Å². The van der Waals surface area contributed by atoms with Crippen LogP contribution in [0.2, 0.25) is 0 Å². The molecular weight excluding hydrogens is 259 g/mol. The molecule has 11 heavy (non-hydrogen) atoms. The van der Waals surface area contributed by atoms with Gasteiger partial charge in [0.05, 0.1) is 0 Å². The number of carboxylic acid groups (broad SMARTS) is 1. The van der Waals surface area contributed by atoms with Gasteiger partial charge in [-0.25, -0.2) is 4.79 Å². The van der Waals surface area contributed by atoms with E-state index in [0.717, 1.165) is 0 Å². The number of aliphatic carboxylic acids is 1. The Morgan fingerprint density at radius 3 is 2.73 bits per heavy atom. The second-order valence-corrected chi connectivity index (χ2v) is 4.22. The van der Waals surface area contributed by atoms with Gasteiger partial charge in [0.15, 0.2) is 0 Å². The molecule has 0 fully saturated rings. The number of allylic oxidation sites excluding steroid dienone is 2. The van der Waals surface area contributed by atoms with E-state index < -0.39 is 9.58 Å². The van der Waals surface area contributed by atoms with Gasteiger partial charge in [-0.1, -0.05) is 12.2 Å². The number of aliphatic hydroxyl groups is 1. The van der Waals surface area contributed by atoms with Crippen molar-refractivity contribution >= 4 is 28.6 Å². The maximum absolute atomic E-state index is 10.4. The molecule has 0 heterocycles. The van der Waals surface area contributed by atoms with E-state index in [0.29, 0.717) is 0 Å². The smallest absolute Gasteiger partial charge is 0.331 e. The molecule has 2 N–H and O–H groups in total. The van der Waals surface area contributed by atoms with Crippen molar-refractivity contribution in [3.8, 4) is 0 Å². The van der Waals surface area contributed by atoms with Crippen molar-refractivity contribution in [2.75, 3.05) is 0 Å². The fraction of sp³-hybridized carbons (Fsp3) is 0.286. The van der Waals surface area contributed by atoms with Crippen LogP contribution >= 0.6 is 22.6 Å². The number of rotatable bonds is 1. The molecule has 0 aromatic carbocycles. The van der Waals surface area contributed by atoms with Crippen molar-refractivity contribution in [3.05, 3.63) is 23.8 Å². The summed E-state index contributed by atoms with van der Waals surface area (Å²) >= 11 is 1.80. The Kier molecular flexibility index (Phi) is 2.34. The Morgan fingerprint density at radius 1 is 1.73 bits per heavy atom. The first kappa shape index (κ1) is 8.73. The number of hydrogen-bond acceptors (Lipinski definition) is 2. The molecule has 0 aromatic heterocycles. The first-order valence-electron chi connectivity index (χ1n) is 3.04. The fourth-order valence-electron chi connectivity index (χ4n) is 0.844. The molecule has 1 aliphatic carbocycles. The maximum Gasteiger partial charge on any atom is 0.331 e. The van der Waals surface area contributed by atoms with Crippen LogP contribution in [0, 0.1) is 0 Å². The SMILES string of the molecule is O=C(O)C1=CC=CC(O)(I)C1. The minimum absolute atomic E-state index is 0.166. The summed E-state index contributed by atoms with van der Waals surface area (Å²) in [6, 6.07) is 0. The zero-order chi connectivity index (χ0) is 8.48. The number of carbonyl (C=O) groups is 1. The Hall–Kier alpha value is -0.360. The molecule has 1 unspecified atom stereocenters. The van der Waals surface area contributed by atoms with Crippen LogP contribution in [0.25, 0.3) is 0 Å². The van der Waals surface area contributed by atoms with Crippen LogP contribution in [0.15, 0.2) is 23.8 Å². The monoisotopic (exact) mass is 266 g/mol. The van der Waals surface area contributed by atoms with Crippen LogP contribution in [0.3, 0.4) is 0 Å². The predicted molar refractivity (Wildman–Crippen MR) is 48.4 cm³/mol. The minimum atomic E-state index is -1.03. The topological polar surface area (TPSA) is 57.5 Å². The van der Waals surface area contributed by atoms with E-state index in [1.165, 1.54) is 6.08 Å². The lowest BCUT2D eigenvalue weighted by molar-refractivity contribution is -0.133. The van der Waals surface area contributed by atoms with E-state index in [9.17, 15) is 9.90 Å². The first-order valence-corrected chi connectivity index (χ1v) is 4.12. The van der Waals surface area contributed by atoms with E-state index in [-0.39, 0.29) is 12.0 Å². The standard InChI is InChI=1S/C7H7IO3/c8-7(11)3-1-2-5(4-7)6(9)10/h1-3,11H,4H2,(H,9,10). The highest BCUT2D eigenvalue weighted by Gasteiger charge is 2.25. The molecule has 0 bridgehead atoms. The minimum Gasteiger partial charge on any atom is -0.478 e. The normalized spacial score (nSPS) is 29.8. The van der Waals surface area contributed by atoms with E-state index in [1.54, 1.807) is 34.7 Å². The summed E-state index contributed by atoms with van der Waals surface area (Å²) in [6.45, 7) is 0. The molecule has 0 spiro atoms. The molecule has 1 atom stereocenters. The lowest BCUT2D eigenvalue weighted by atomic mass is 10.0. The number of alkyl halides is 1. The van der Waals surface area contributed by atoms with E-state index in [2.05, 4.69) is 0 Å². The third-order valence-electron chi connectivity index (χ3n) is 1.36. The lowest BCUT2D eigenvalue weighted by Gasteiger charge is -2.19. The van der Waals surface area contributed by atoms with Crippen molar-refractivity contribution in [2.24, 2.45) is 0 Å². The average Bonchev–Trinajstić information content (AvgIpc) is 1.85. The van der Waals surface area contributed by atoms with Crippen molar-refractivity contribution in [1.82, 2.24) is 0 Å². The molecule has 0 aromatic rings. The summed E-state index contributed by atoms with van der Waals surface area (Å²) in [5, 5.41) is 17.9. The van der Waals surface area contributed by atoms with Crippen molar-refractivity contribution < 1.29 is 15.0 Å². The molecule has 3 nitrogen and oxygen atoms in total. The summed E-state index contributed by atoms with van der Waals surface area (Å²) in [5.74, 6) is -0.968. The predicted octanol–water partition coefficient (Wildman–Crippen LogP) is 1.08. The third-order valence-corrected chi connectivity index (χ3v) is 2.10. The average molecular weight is 266 g/mol. The highest BCUT2D eigenvalue weighted by atomic mass is 127. The highest BCUT2D eigenvalue weighted by Crippen LogP contribution is 2.28. The molecule has 60 valence electrons. The van der Waals surface area contributed by atoms with E-state index >= 15 is 0 Å². The van der Waals surface area contributed by atoms with Gasteiger partial charge in [0.2, 0.25) is 0 Å². The summed E-state index contributed by atoms with van der Waals surface area (Å²) in [6.07, 6.45) is 4.79. The second kappa shape index (κ2) is 2.94. The summed E-state index contributed by atoms with van der Waals surface area (Å²) in [5.41, 5.74) is 0.240. The Bertz CT molecular complexity index is 240. The van der Waals surface area contributed by atoms with Crippen molar-refractivity contribution in [3.63, 3.8) is 0 Å². The van der Waals surface area contributed by atoms with Crippen LogP contribution in [0.1, 0.15) is 6.42 Å². The first-order chi connectivity index (χ1) is 5.01. The van der Waals surface area contributed by atoms with Gasteiger partial charge in [0.1, 0.15) is 3.61 Å².